The number of halogens is 2. The molecule has 2 unspecified atom stereocenters. The van der Waals surface area contributed by atoms with E-state index in [2.05, 4.69) is 5.32 Å². The van der Waals surface area contributed by atoms with Crippen LogP contribution < -0.4 is 10.1 Å². The number of carboxylic acid groups (broad SMARTS) is 1. The third-order valence-electron chi connectivity index (χ3n) is 4.90. The largest absolute Gasteiger partial charge is 0.483 e. The van der Waals surface area contributed by atoms with Crippen molar-refractivity contribution in [2.24, 2.45) is 0 Å². The molecule has 7 heteroatoms. The summed E-state index contributed by atoms with van der Waals surface area (Å²) in [6, 6.07) is 16.1. The summed E-state index contributed by atoms with van der Waals surface area (Å²) >= 11 is 12.3. The van der Waals surface area contributed by atoms with Crippen LogP contribution in [0.3, 0.4) is 0 Å². The third-order valence-corrected chi connectivity index (χ3v) is 5.42. The van der Waals surface area contributed by atoms with Crippen LogP contribution in [0.5, 0.6) is 5.75 Å². The molecule has 0 heterocycles. The Kier molecular flexibility index (Phi) is 5.35. The van der Waals surface area contributed by atoms with E-state index in [4.69, 9.17) is 27.9 Å². The molecule has 1 aliphatic rings. The van der Waals surface area contributed by atoms with Crippen molar-refractivity contribution < 1.29 is 19.4 Å². The number of ether oxygens (including phenoxy) is 1. The second-order valence-electron chi connectivity index (χ2n) is 6.98. The molecule has 1 fully saturated rings. The van der Waals surface area contributed by atoms with Crippen molar-refractivity contribution in [2.45, 2.75) is 18.4 Å². The number of nitrogens with one attached hydrogen (secondary N) is 1. The Morgan fingerprint density at radius 2 is 1.86 bits per heavy atom. The lowest BCUT2D eigenvalue weighted by atomic mass is 10.1. The van der Waals surface area contributed by atoms with E-state index in [1.165, 1.54) is 17.7 Å². The minimum atomic E-state index is -1.11. The zero-order valence-corrected chi connectivity index (χ0v) is 16.7. The first-order valence-electron chi connectivity index (χ1n) is 9.05. The van der Waals surface area contributed by atoms with E-state index in [-0.39, 0.29) is 29.9 Å². The first kappa shape index (κ1) is 19.6. The van der Waals surface area contributed by atoms with Gasteiger partial charge in [0, 0.05) is 22.4 Å². The maximum Gasteiger partial charge on any atom is 0.335 e. The maximum atomic E-state index is 12.3. The molecule has 3 aromatic rings. The van der Waals surface area contributed by atoms with Gasteiger partial charge in [-0.15, -0.1) is 0 Å². The first-order chi connectivity index (χ1) is 13.9. The molecule has 148 valence electrons. The van der Waals surface area contributed by atoms with Gasteiger partial charge in [-0.25, -0.2) is 4.79 Å². The van der Waals surface area contributed by atoms with Crippen LogP contribution in [0, 0.1) is 0 Å². The Balaban J connectivity index is 1.48. The summed E-state index contributed by atoms with van der Waals surface area (Å²) in [6.07, 6.45) is 0.886. The van der Waals surface area contributed by atoms with Gasteiger partial charge in [0.15, 0.2) is 6.61 Å². The molecule has 2 atom stereocenters. The lowest BCUT2D eigenvalue weighted by molar-refractivity contribution is -0.123. The zero-order chi connectivity index (χ0) is 20.5. The van der Waals surface area contributed by atoms with Gasteiger partial charge in [-0.1, -0.05) is 53.5 Å². The van der Waals surface area contributed by atoms with E-state index in [1.807, 2.05) is 30.3 Å². The van der Waals surface area contributed by atoms with Crippen LogP contribution >= 0.6 is 23.2 Å². The van der Waals surface area contributed by atoms with Gasteiger partial charge in [0.2, 0.25) is 0 Å². The molecular weight excluding hydrogens is 413 g/mol. The van der Waals surface area contributed by atoms with Gasteiger partial charge in [0.1, 0.15) is 5.75 Å². The van der Waals surface area contributed by atoms with Gasteiger partial charge in [-0.05, 0) is 41.6 Å². The van der Waals surface area contributed by atoms with E-state index in [0.717, 1.165) is 6.42 Å². The molecule has 29 heavy (non-hydrogen) atoms. The number of amides is 1. The van der Waals surface area contributed by atoms with Crippen molar-refractivity contribution in [1.82, 2.24) is 5.32 Å². The highest BCUT2D eigenvalue weighted by atomic mass is 35.5. The summed E-state index contributed by atoms with van der Waals surface area (Å²) in [6.45, 7) is -0.241. The summed E-state index contributed by atoms with van der Waals surface area (Å²) in [5, 5.41) is 14.1. The second-order valence-corrected chi connectivity index (χ2v) is 7.82. The minimum absolute atomic E-state index is 0.0255. The van der Waals surface area contributed by atoms with Crippen LogP contribution in [0.4, 0.5) is 0 Å². The van der Waals surface area contributed by atoms with Gasteiger partial charge < -0.3 is 15.2 Å². The molecule has 5 nitrogen and oxygen atoms in total. The third kappa shape index (κ3) is 4.31. The fourth-order valence-electron chi connectivity index (χ4n) is 3.44. The number of carbonyl (C=O) groups is 2. The predicted molar refractivity (Wildman–Crippen MR) is 112 cm³/mol. The summed E-state index contributed by atoms with van der Waals surface area (Å²) in [7, 11) is 0. The second kappa shape index (κ2) is 7.93. The van der Waals surface area contributed by atoms with E-state index >= 15 is 0 Å². The molecule has 0 saturated heterocycles. The van der Waals surface area contributed by atoms with Crippen molar-refractivity contribution in [3.63, 3.8) is 0 Å². The number of hydrogen-bond donors (Lipinski definition) is 2. The number of rotatable bonds is 6. The van der Waals surface area contributed by atoms with Gasteiger partial charge >= 0.3 is 5.97 Å². The number of hydrogen-bond acceptors (Lipinski definition) is 3. The van der Waals surface area contributed by atoms with Crippen molar-refractivity contribution in [2.75, 3.05) is 6.61 Å². The fraction of sp³-hybridized carbons (Fsp3) is 0.182. The van der Waals surface area contributed by atoms with Crippen LogP contribution in [0.2, 0.25) is 10.0 Å². The molecule has 4 rings (SSSR count). The topological polar surface area (TPSA) is 75.6 Å². The number of carboxylic acids is 1. The highest BCUT2D eigenvalue weighted by molar-refractivity contribution is 6.39. The SMILES string of the molecule is O=C(COc1cc(C(=O)O)cc2cc(Cl)cc(Cl)c12)NC1CC1c1ccccc1. The molecule has 3 aromatic carbocycles. The van der Waals surface area contributed by atoms with Gasteiger partial charge in [0.25, 0.3) is 5.91 Å². The van der Waals surface area contributed by atoms with Gasteiger partial charge in [-0.2, -0.15) is 0 Å². The van der Waals surface area contributed by atoms with Crippen LogP contribution in [-0.4, -0.2) is 29.6 Å². The Morgan fingerprint density at radius 1 is 1.10 bits per heavy atom. The Morgan fingerprint density at radius 3 is 2.59 bits per heavy atom. The molecule has 1 amide bonds. The maximum absolute atomic E-state index is 12.3. The zero-order valence-electron chi connectivity index (χ0n) is 15.2. The summed E-state index contributed by atoms with van der Waals surface area (Å²) < 4.78 is 5.66. The van der Waals surface area contributed by atoms with Crippen LogP contribution in [0.25, 0.3) is 10.8 Å². The van der Waals surface area contributed by atoms with Crippen molar-refractivity contribution in [3.8, 4) is 5.75 Å². The van der Waals surface area contributed by atoms with Gasteiger partial charge in [-0.3, -0.25) is 4.79 Å². The van der Waals surface area contributed by atoms with E-state index in [9.17, 15) is 14.7 Å². The standard InChI is InChI=1S/C22H17Cl2NO4/c23-15-7-13-6-14(22(27)28)8-19(21(13)17(24)9-15)29-11-20(26)25-18-10-16(18)12-4-2-1-3-5-12/h1-9,16,18H,10-11H2,(H,25,26)(H,27,28). The average molecular weight is 430 g/mol. The first-order valence-corrected chi connectivity index (χ1v) is 9.81. The minimum Gasteiger partial charge on any atom is -0.483 e. The van der Waals surface area contributed by atoms with E-state index < -0.39 is 5.97 Å². The lowest BCUT2D eigenvalue weighted by Gasteiger charge is -2.13. The van der Waals surface area contributed by atoms with Crippen molar-refractivity contribution in [3.05, 3.63) is 75.8 Å². The highest BCUT2D eigenvalue weighted by Gasteiger charge is 2.39. The van der Waals surface area contributed by atoms with E-state index in [1.54, 1.807) is 12.1 Å². The normalized spacial score (nSPS) is 17.7. The Hall–Kier alpha value is -2.76. The molecule has 1 aliphatic carbocycles. The Labute approximate surface area is 177 Å². The Bertz CT molecular complexity index is 1100. The lowest BCUT2D eigenvalue weighted by Crippen LogP contribution is -2.31. The van der Waals surface area contributed by atoms with Crippen LogP contribution in [-0.2, 0) is 4.79 Å². The van der Waals surface area contributed by atoms with Gasteiger partial charge in [0.05, 0.1) is 10.6 Å². The molecule has 0 aliphatic heterocycles. The molecular formula is C22H17Cl2NO4. The number of aromatic carboxylic acids is 1. The van der Waals surface area contributed by atoms with Crippen LogP contribution in [0.15, 0.2) is 54.6 Å². The fourth-order valence-corrected chi connectivity index (χ4v) is 4.04. The monoisotopic (exact) mass is 429 g/mol. The molecule has 0 radical (unpaired) electrons. The number of benzene rings is 3. The predicted octanol–water partition coefficient (Wildman–Crippen LogP) is 4.90. The molecule has 1 saturated carbocycles. The molecule has 0 spiro atoms. The van der Waals surface area contributed by atoms with E-state index in [0.29, 0.717) is 26.7 Å². The number of carbonyl (C=O) groups excluding carboxylic acids is 1. The molecule has 0 bridgehead atoms. The highest BCUT2D eigenvalue weighted by Crippen LogP contribution is 2.40. The summed E-state index contributed by atoms with van der Waals surface area (Å²) in [5.74, 6) is -0.839. The average Bonchev–Trinajstić information content (AvgIpc) is 3.45. The summed E-state index contributed by atoms with van der Waals surface area (Å²) in [5.41, 5.74) is 1.22. The molecule has 0 aromatic heterocycles. The van der Waals surface area contributed by atoms with Crippen molar-refractivity contribution >= 4 is 45.9 Å². The molecule has 2 N–H and O–H groups in total. The smallest absolute Gasteiger partial charge is 0.335 e. The van der Waals surface area contributed by atoms with Crippen LogP contribution in [0.1, 0.15) is 28.3 Å². The van der Waals surface area contributed by atoms with Crippen molar-refractivity contribution in [1.29, 1.82) is 0 Å². The number of fused-ring (bicyclic) bond motifs is 1. The quantitative estimate of drug-likeness (QED) is 0.584. The summed E-state index contributed by atoms with van der Waals surface area (Å²) in [4.78, 5) is 23.8.